The molecule has 0 spiro atoms. The van der Waals surface area contributed by atoms with Crippen molar-refractivity contribution in [2.75, 3.05) is 19.7 Å². The van der Waals surface area contributed by atoms with Crippen LogP contribution in [0.3, 0.4) is 0 Å². The summed E-state index contributed by atoms with van der Waals surface area (Å²) < 4.78 is 10.7. The summed E-state index contributed by atoms with van der Waals surface area (Å²) in [6.07, 6.45) is 1.55. The highest BCUT2D eigenvalue weighted by molar-refractivity contribution is 5.95. The fraction of sp³-hybridized carbons (Fsp3) is 0.583. The highest BCUT2D eigenvalue weighted by Gasteiger charge is 2.31. The van der Waals surface area contributed by atoms with Crippen LogP contribution in [0, 0.1) is 6.92 Å². The zero-order chi connectivity index (χ0) is 11.8. The fourth-order valence-electron chi connectivity index (χ4n) is 1.97. The van der Waals surface area contributed by atoms with Gasteiger partial charge in [0.2, 0.25) is 0 Å². The van der Waals surface area contributed by atoms with Gasteiger partial charge in [-0.15, -0.1) is 0 Å². The monoisotopic (exact) mass is 223 g/mol. The van der Waals surface area contributed by atoms with Crippen LogP contribution in [0.4, 0.5) is 0 Å². The Labute approximate surface area is 95.2 Å². The molecule has 0 aliphatic carbocycles. The molecule has 4 heteroatoms. The van der Waals surface area contributed by atoms with E-state index in [1.165, 1.54) is 0 Å². The molecule has 88 valence electrons. The highest BCUT2D eigenvalue weighted by atomic mass is 16.5. The van der Waals surface area contributed by atoms with E-state index in [2.05, 4.69) is 0 Å². The summed E-state index contributed by atoms with van der Waals surface area (Å²) in [4.78, 5) is 14.0. The number of carbonyl (C=O) groups excluding carboxylic acids is 1. The van der Waals surface area contributed by atoms with Crippen LogP contribution in [-0.4, -0.2) is 36.1 Å². The number of nitrogens with zero attached hydrogens (tertiary/aromatic N) is 1. The van der Waals surface area contributed by atoms with Crippen LogP contribution in [0.15, 0.2) is 16.7 Å². The molecule has 0 atom stereocenters. The van der Waals surface area contributed by atoms with Crippen LogP contribution >= 0.6 is 0 Å². The maximum Gasteiger partial charge on any atom is 0.257 e. The smallest absolute Gasteiger partial charge is 0.257 e. The molecule has 16 heavy (non-hydrogen) atoms. The topological polar surface area (TPSA) is 42.7 Å². The number of furan rings is 1. The molecule has 1 aromatic heterocycles. The first kappa shape index (κ1) is 11.2. The van der Waals surface area contributed by atoms with Crippen LogP contribution in [-0.2, 0) is 4.74 Å². The predicted octanol–water partition coefficient (Wildman–Crippen LogP) is 1.84. The maximum absolute atomic E-state index is 12.2. The van der Waals surface area contributed by atoms with E-state index in [1.54, 1.807) is 19.3 Å². The Morgan fingerprint density at radius 1 is 1.50 bits per heavy atom. The summed E-state index contributed by atoms with van der Waals surface area (Å²) in [7, 11) is 0. The molecule has 1 aromatic rings. The number of carbonyl (C=O) groups is 1. The van der Waals surface area contributed by atoms with Crippen molar-refractivity contribution in [1.29, 1.82) is 0 Å². The third kappa shape index (κ3) is 2.11. The molecule has 1 fully saturated rings. The van der Waals surface area contributed by atoms with Gasteiger partial charge >= 0.3 is 0 Å². The van der Waals surface area contributed by atoms with E-state index < -0.39 is 0 Å². The Morgan fingerprint density at radius 2 is 2.25 bits per heavy atom. The molecule has 1 aliphatic rings. The number of ether oxygens (including phenoxy) is 1. The van der Waals surface area contributed by atoms with Crippen molar-refractivity contribution in [2.45, 2.75) is 26.4 Å². The summed E-state index contributed by atoms with van der Waals surface area (Å²) in [6, 6.07) is 1.72. The van der Waals surface area contributed by atoms with E-state index in [1.807, 2.05) is 18.7 Å². The maximum atomic E-state index is 12.2. The Morgan fingerprint density at radius 3 is 2.81 bits per heavy atom. The van der Waals surface area contributed by atoms with Gasteiger partial charge in [-0.3, -0.25) is 4.79 Å². The molecule has 1 saturated heterocycles. The first-order chi connectivity index (χ1) is 7.49. The molecular formula is C12H17NO3. The van der Waals surface area contributed by atoms with Gasteiger partial charge in [0.25, 0.3) is 5.91 Å². The lowest BCUT2D eigenvalue weighted by Crippen LogP contribution is -2.50. The Kier molecular flexibility index (Phi) is 2.76. The minimum Gasteiger partial charge on any atom is -0.469 e. The van der Waals surface area contributed by atoms with Crippen molar-refractivity contribution in [3.63, 3.8) is 0 Å². The predicted molar refractivity (Wildman–Crippen MR) is 59.4 cm³/mol. The van der Waals surface area contributed by atoms with Gasteiger partial charge in [0.1, 0.15) is 5.76 Å². The van der Waals surface area contributed by atoms with Gasteiger partial charge in [0, 0.05) is 13.1 Å². The van der Waals surface area contributed by atoms with Crippen LogP contribution in [0.2, 0.25) is 0 Å². The van der Waals surface area contributed by atoms with Crippen molar-refractivity contribution < 1.29 is 13.9 Å². The zero-order valence-electron chi connectivity index (χ0n) is 9.95. The lowest BCUT2D eigenvalue weighted by Gasteiger charge is -2.38. The lowest BCUT2D eigenvalue weighted by molar-refractivity contribution is -0.0764. The quantitative estimate of drug-likeness (QED) is 0.729. The number of aryl methyl sites for hydroxylation is 1. The second-order valence-corrected chi connectivity index (χ2v) is 4.73. The lowest BCUT2D eigenvalue weighted by atomic mass is 10.1. The summed E-state index contributed by atoms with van der Waals surface area (Å²) >= 11 is 0. The van der Waals surface area contributed by atoms with Crippen molar-refractivity contribution >= 4 is 5.91 Å². The van der Waals surface area contributed by atoms with E-state index in [0.717, 1.165) is 0 Å². The van der Waals surface area contributed by atoms with Gasteiger partial charge in [-0.05, 0) is 26.8 Å². The summed E-state index contributed by atoms with van der Waals surface area (Å²) in [6.45, 7) is 7.65. The average molecular weight is 223 g/mol. The number of hydrogen-bond acceptors (Lipinski definition) is 3. The standard InChI is InChI=1S/C12H17NO3/c1-9-10(4-6-15-9)11(14)13-5-7-16-12(2,3)8-13/h4,6H,5,7-8H2,1-3H3. The largest absolute Gasteiger partial charge is 0.469 e. The van der Waals surface area contributed by atoms with Crippen LogP contribution in [0.25, 0.3) is 0 Å². The Bertz CT molecular complexity index is 395. The SMILES string of the molecule is Cc1occc1C(=O)N1CCOC(C)(C)C1. The van der Waals surface area contributed by atoms with Crippen LogP contribution in [0.5, 0.6) is 0 Å². The van der Waals surface area contributed by atoms with Gasteiger partial charge in [0.15, 0.2) is 0 Å². The van der Waals surface area contributed by atoms with Crippen LogP contribution in [0.1, 0.15) is 30.0 Å². The van der Waals surface area contributed by atoms with Crippen LogP contribution < -0.4 is 0 Å². The second kappa shape index (κ2) is 3.94. The molecule has 0 bridgehead atoms. The molecule has 0 aromatic carbocycles. The minimum atomic E-state index is -0.258. The third-order valence-electron chi connectivity index (χ3n) is 2.80. The molecule has 1 amide bonds. The minimum absolute atomic E-state index is 0.0302. The summed E-state index contributed by atoms with van der Waals surface area (Å²) in [5.74, 6) is 0.705. The molecule has 4 nitrogen and oxygen atoms in total. The molecule has 1 aliphatic heterocycles. The van der Waals surface area contributed by atoms with E-state index in [4.69, 9.17) is 9.15 Å². The molecule has 0 unspecified atom stereocenters. The van der Waals surface area contributed by atoms with Gasteiger partial charge < -0.3 is 14.1 Å². The molecule has 0 saturated carbocycles. The molecule has 2 rings (SSSR count). The Hall–Kier alpha value is -1.29. The fourth-order valence-corrected chi connectivity index (χ4v) is 1.97. The molecule has 0 N–H and O–H groups in total. The first-order valence-corrected chi connectivity index (χ1v) is 5.47. The van der Waals surface area contributed by atoms with Gasteiger partial charge in [-0.25, -0.2) is 0 Å². The van der Waals surface area contributed by atoms with Gasteiger partial charge in [-0.1, -0.05) is 0 Å². The van der Waals surface area contributed by atoms with E-state index in [9.17, 15) is 4.79 Å². The highest BCUT2D eigenvalue weighted by Crippen LogP contribution is 2.20. The van der Waals surface area contributed by atoms with Gasteiger partial charge in [-0.2, -0.15) is 0 Å². The van der Waals surface area contributed by atoms with Crippen molar-refractivity contribution in [3.8, 4) is 0 Å². The average Bonchev–Trinajstić information content (AvgIpc) is 2.62. The van der Waals surface area contributed by atoms with Gasteiger partial charge in [0.05, 0.1) is 24.0 Å². The number of amides is 1. The zero-order valence-corrected chi connectivity index (χ0v) is 9.95. The second-order valence-electron chi connectivity index (χ2n) is 4.73. The molecule has 2 heterocycles. The molecule has 0 radical (unpaired) electrons. The van der Waals surface area contributed by atoms with E-state index in [0.29, 0.717) is 31.0 Å². The Balaban J connectivity index is 2.14. The van der Waals surface area contributed by atoms with E-state index >= 15 is 0 Å². The number of morpholine rings is 1. The first-order valence-electron chi connectivity index (χ1n) is 5.47. The number of hydrogen-bond donors (Lipinski definition) is 0. The summed E-state index contributed by atoms with van der Waals surface area (Å²) in [5.41, 5.74) is 0.392. The normalized spacial score (nSPS) is 19.8. The van der Waals surface area contributed by atoms with E-state index in [-0.39, 0.29) is 11.5 Å². The third-order valence-corrected chi connectivity index (χ3v) is 2.80. The van der Waals surface area contributed by atoms with Crippen molar-refractivity contribution in [3.05, 3.63) is 23.7 Å². The molecular weight excluding hydrogens is 206 g/mol. The van der Waals surface area contributed by atoms with Crippen molar-refractivity contribution in [2.24, 2.45) is 0 Å². The summed E-state index contributed by atoms with van der Waals surface area (Å²) in [5, 5.41) is 0. The van der Waals surface area contributed by atoms with Crippen molar-refractivity contribution in [1.82, 2.24) is 4.90 Å². The number of rotatable bonds is 1.